The van der Waals surface area contributed by atoms with E-state index in [0.29, 0.717) is 6.42 Å². The topological polar surface area (TPSA) is 38.8 Å². The van der Waals surface area contributed by atoms with Gasteiger partial charge in [0.1, 0.15) is 17.1 Å². The van der Waals surface area contributed by atoms with Crippen LogP contribution < -0.4 is 9.47 Å². The number of fused-ring (bicyclic) bond motifs is 1. The molecule has 4 nitrogen and oxygen atoms in total. The fourth-order valence-electron chi connectivity index (χ4n) is 3.83. The van der Waals surface area contributed by atoms with Crippen molar-refractivity contribution < 1.29 is 14.3 Å². The average Bonchev–Trinajstić information content (AvgIpc) is 2.64. The van der Waals surface area contributed by atoms with E-state index in [1.807, 2.05) is 36.4 Å². The minimum absolute atomic E-state index is 0.213. The number of likely N-dealkylation sites (tertiary alicyclic amines) is 1. The Morgan fingerprint density at radius 3 is 2.52 bits per heavy atom. The first kappa shape index (κ1) is 16.2. The normalized spacial score (nSPS) is 19.3. The van der Waals surface area contributed by atoms with Crippen LogP contribution in [0.2, 0.25) is 0 Å². The lowest BCUT2D eigenvalue weighted by Crippen LogP contribution is -2.50. The summed E-state index contributed by atoms with van der Waals surface area (Å²) >= 11 is 0. The monoisotopic (exact) mass is 337 g/mol. The Hall–Kier alpha value is -2.33. The van der Waals surface area contributed by atoms with Crippen molar-refractivity contribution in [3.63, 3.8) is 0 Å². The summed E-state index contributed by atoms with van der Waals surface area (Å²) in [5.74, 6) is 1.85. The maximum Gasteiger partial charge on any atom is 0.170 e. The van der Waals surface area contributed by atoms with E-state index >= 15 is 0 Å². The second-order valence-electron chi connectivity index (χ2n) is 7.01. The molecule has 0 aromatic heterocycles. The van der Waals surface area contributed by atoms with E-state index in [4.69, 9.17) is 9.47 Å². The Balaban J connectivity index is 1.40. The van der Waals surface area contributed by atoms with Gasteiger partial charge in [-0.05, 0) is 29.8 Å². The van der Waals surface area contributed by atoms with Crippen LogP contribution >= 0.6 is 0 Å². The van der Waals surface area contributed by atoms with Crippen LogP contribution in [0.3, 0.4) is 0 Å². The highest BCUT2D eigenvalue weighted by molar-refractivity contribution is 6.00. The Morgan fingerprint density at radius 1 is 1.08 bits per heavy atom. The summed E-state index contributed by atoms with van der Waals surface area (Å²) in [6.07, 6.45) is 2.28. The number of carbonyl (C=O) groups is 1. The third-order valence-corrected chi connectivity index (χ3v) is 5.33. The first-order valence-corrected chi connectivity index (χ1v) is 8.84. The van der Waals surface area contributed by atoms with Gasteiger partial charge in [0.25, 0.3) is 0 Å². The van der Waals surface area contributed by atoms with Crippen molar-refractivity contribution in [1.82, 2.24) is 4.90 Å². The highest BCUT2D eigenvalue weighted by Crippen LogP contribution is 2.39. The first-order valence-electron chi connectivity index (χ1n) is 8.84. The molecule has 130 valence electrons. The molecule has 2 aliphatic rings. The van der Waals surface area contributed by atoms with Gasteiger partial charge in [0.2, 0.25) is 0 Å². The molecule has 4 rings (SSSR count). The van der Waals surface area contributed by atoms with Crippen molar-refractivity contribution in [3.05, 3.63) is 59.7 Å². The largest absolute Gasteiger partial charge is 0.497 e. The number of hydrogen-bond acceptors (Lipinski definition) is 4. The van der Waals surface area contributed by atoms with Crippen LogP contribution in [0.1, 0.15) is 35.2 Å². The van der Waals surface area contributed by atoms with Crippen molar-refractivity contribution >= 4 is 5.78 Å². The van der Waals surface area contributed by atoms with Crippen LogP contribution in [0.4, 0.5) is 0 Å². The molecule has 0 radical (unpaired) electrons. The number of nitrogens with zero attached hydrogens (tertiary/aromatic N) is 1. The van der Waals surface area contributed by atoms with Gasteiger partial charge in [0, 0.05) is 32.5 Å². The number of Topliss-reactive ketones (excluding diaryl/α,β-unsaturated/α-hetero) is 1. The van der Waals surface area contributed by atoms with Crippen molar-refractivity contribution in [2.45, 2.75) is 31.4 Å². The summed E-state index contributed by atoms with van der Waals surface area (Å²) < 4.78 is 11.5. The number of rotatable bonds is 3. The minimum Gasteiger partial charge on any atom is -0.497 e. The molecule has 0 aliphatic carbocycles. The quantitative estimate of drug-likeness (QED) is 0.856. The van der Waals surface area contributed by atoms with Gasteiger partial charge in [0.05, 0.1) is 19.1 Å². The number of benzene rings is 2. The summed E-state index contributed by atoms with van der Waals surface area (Å²) in [6, 6.07) is 15.8. The van der Waals surface area contributed by atoms with Crippen LogP contribution in [-0.4, -0.2) is 36.5 Å². The zero-order chi connectivity index (χ0) is 17.3. The van der Waals surface area contributed by atoms with Crippen LogP contribution in [0, 0.1) is 0 Å². The van der Waals surface area contributed by atoms with Crippen molar-refractivity contribution in [2.24, 2.45) is 0 Å². The third-order valence-electron chi connectivity index (χ3n) is 5.33. The lowest BCUT2D eigenvalue weighted by Gasteiger charge is -2.44. The molecule has 0 amide bonds. The lowest BCUT2D eigenvalue weighted by molar-refractivity contribution is -0.0107. The van der Waals surface area contributed by atoms with E-state index in [-0.39, 0.29) is 11.4 Å². The fraction of sp³-hybridized carbons (Fsp3) is 0.381. The van der Waals surface area contributed by atoms with E-state index in [1.165, 1.54) is 5.56 Å². The van der Waals surface area contributed by atoms with Crippen LogP contribution in [0.25, 0.3) is 0 Å². The van der Waals surface area contributed by atoms with Gasteiger partial charge in [-0.25, -0.2) is 0 Å². The van der Waals surface area contributed by atoms with Crippen molar-refractivity contribution in [2.75, 3.05) is 20.2 Å². The second-order valence-corrected chi connectivity index (χ2v) is 7.01. The molecular formula is C21H23NO3. The molecule has 0 bridgehead atoms. The molecule has 0 saturated carbocycles. The molecule has 1 saturated heterocycles. The summed E-state index contributed by atoms with van der Waals surface area (Å²) in [5.41, 5.74) is 1.69. The molecule has 1 spiro atoms. The SMILES string of the molecule is COc1ccc(CN2CCC3(CC2)CC(=O)c2ccccc2O3)cc1. The van der Waals surface area contributed by atoms with Crippen molar-refractivity contribution in [3.8, 4) is 11.5 Å². The smallest absolute Gasteiger partial charge is 0.170 e. The molecule has 25 heavy (non-hydrogen) atoms. The molecule has 2 heterocycles. The summed E-state index contributed by atoms with van der Waals surface area (Å²) in [5, 5.41) is 0. The number of hydrogen-bond donors (Lipinski definition) is 0. The average molecular weight is 337 g/mol. The predicted octanol–water partition coefficient (Wildman–Crippen LogP) is 3.70. The number of piperidine rings is 1. The number of para-hydroxylation sites is 1. The molecule has 2 aliphatic heterocycles. The highest BCUT2D eigenvalue weighted by atomic mass is 16.5. The molecule has 0 atom stereocenters. The maximum absolute atomic E-state index is 12.5. The number of ether oxygens (including phenoxy) is 2. The van der Waals surface area contributed by atoms with Gasteiger partial charge in [-0.15, -0.1) is 0 Å². The Labute approximate surface area is 148 Å². The molecular weight excluding hydrogens is 314 g/mol. The van der Waals surface area contributed by atoms with Crippen LogP contribution in [-0.2, 0) is 6.54 Å². The van der Waals surface area contributed by atoms with Crippen molar-refractivity contribution in [1.29, 1.82) is 0 Å². The summed E-state index contributed by atoms with van der Waals surface area (Å²) in [6.45, 7) is 2.81. The van der Waals surface area contributed by atoms with Gasteiger partial charge in [-0.3, -0.25) is 9.69 Å². The summed E-state index contributed by atoms with van der Waals surface area (Å²) in [4.78, 5) is 14.9. The molecule has 4 heteroatoms. The van der Waals surface area contributed by atoms with Gasteiger partial charge in [-0.1, -0.05) is 24.3 Å². The number of carbonyl (C=O) groups excluding carboxylic acids is 1. The van der Waals surface area contributed by atoms with E-state index in [0.717, 1.165) is 49.5 Å². The first-order chi connectivity index (χ1) is 12.2. The third kappa shape index (κ3) is 3.27. The molecule has 0 N–H and O–H groups in total. The zero-order valence-electron chi connectivity index (χ0n) is 14.5. The fourth-order valence-corrected chi connectivity index (χ4v) is 3.83. The van der Waals surface area contributed by atoms with Gasteiger partial charge in [-0.2, -0.15) is 0 Å². The summed E-state index contributed by atoms with van der Waals surface area (Å²) in [7, 11) is 1.68. The van der Waals surface area contributed by atoms with E-state index < -0.39 is 0 Å². The van der Waals surface area contributed by atoms with Crippen LogP contribution in [0.15, 0.2) is 48.5 Å². The Morgan fingerprint density at radius 2 is 1.80 bits per heavy atom. The Bertz CT molecular complexity index is 761. The lowest BCUT2D eigenvalue weighted by atomic mass is 9.82. The minimum atomic E-state index is -0.318. The van der Waals surface area contributed by atoms with E-state index in [1.54, 1.807) is 7.11 Å². The van der Waals surface area contributed by atoms with E-state index in [9.17, 15) is 4.79 Å². The van der Waals surface area contributed by atoms with E-state index in [2.05, 4.69) is 17.0 Å². The number of ketones is 1. The molecule has 1 fully saturated rings. The van der Waals surface area contributed by atoms with Gasteiger partial charge in [0.15, 0.2) is 5.78 Å². The van der Waals surface area contributed by atoms with Gasteiger partial charge < -0.3 is 9.47 Å². The highest BCUT2D eigenvalue weighted by Gasteiger charge is 2.42. The number of methoxy groups -OCH3 is 1. The second kappa shape index (κ2) is 6.52. The zero-order valence-corrected chi connectivity index (χ0v) is 14.5. The molecule has 2 aromatic carbocycles. The predicted molar refractivity (Wildman–Crippen MR) is 96.3 cm³/mol. The Kier molecular flexibility index (Phi) is 4.22. The van der Waals surface area contributed by atoms with Crippen LogP contribution in [0.5, 0.6) is 11.5 Å². The maximum atomic E-state index is 12.5. The molecule has 2 aromatic rings. The standard InChI is InChI=1S/C21H23NO3/c1-24-17-8-6-16(7-9-17)15-22-12-10-21(11-13-22)14-19(23)18-4-2-3-5-20(18)25-21/h2-9H,10-15H2,1H3. The molecule has 0 unspecified atom stereocenters. The van der Waals surface area contributed by atoms with Gasteiger partial charge >= 0.3 is 0 Å².